The van der Waals surface area contributed by atoms with Crippen LogP contribution in [0.25, 0.3) is 0 Å². The molecule has 20 heavy (non-hydrogen) atoms. The maximum Gasteiger partial charge on any atom is 0.250 e. The summed E-state index contributed by atoms with van der Waals surface area (Å²) in [5.74, 6) is 0.459. The first-order valence-corrected chi connectivity index (χ1v) is 9.48. The molecule has 4 nitrogen and oxygen atoms in total. The summed E-state index contributed by atoms with van der Waals surface area (Å²) in [7, 11) is -3.31. The molecule has 0 bridgehead atoms. The van der Waals surface area contributed by atoms with Gasteiger partial charge in [0.1, 0.15) is 4.21 Å². The Kier molecular flexibility index (Phi) is 5.23. The van der Waals surface area contributed by atoms with Crippen molar-refractivity contribution >= 4 is 21.4 Å². The first-order chi connectivity index (χ1) is 9.38. The van der Waals surface area contributed by atoms with Gasteiger partial charge in [-0.1, -0.05) is 0 Å². The fraction of sp³-hybridized carbons (Fsp3) is 0.714. The minimum Gasteiger partial charge on any atom is -0.301 e. The molecule has 1 aromatic heterocycles. The highest BCUT2D eigenvalue weighted by Gasteiger charge is 2.23. The summed E-state index contributed by atoms with van der Waals surface area (Å²) in [4.78, 5) is 3.48. The Morgan fingerprint density at radius 1 is 1.35 bits per heavy atom. The third-order valence-corrected chi connectivity index (χ3v) is 6.84. The van der Waals surface area contributed by atoms with Crippen LogP contribution in [0.15, 0.2) is 16.3 Å². The summed E-state index contributed by atoms with van der Waals surface area (Å²) in [6.07, 6.45) is 2.15. The number of sulfonamides is 1. The minimum atomic E-state index is -3.31. The van der Waals surface area contributed by atoms with Crippen molar-refractivity contribution < 1.29 is 8.42 Å². The molecule has 2 heterocycles. The van der Waals surface area contributed by atoms with E-state index >= 15 is 0 Å². The number of thiophene rings is 1. The molecular weight excluding hydrogens is 292 g/mol. The lowest BCUT2D eigenvalue weighted by atomic mass is 9.96. The van der Waals surface area contributed by atoms with Crippen LogP contribution in [-0.4, -0.2) is 39.0 Å². The molecule has 0 aliphatic carbocycles. The molecular formula is C14H24N2O2S2. The second-order valence-electron chi connectivity index (χ2n) is 5.79. The van der Waals surface area contributed by atoms with Crippen LogP contribution >= 0.6 is 11.3 Å². The topological polar surface area (TPSA) is 49.4 Å². The second kappa shape index (κ2) is 6.56. The van der Waals surface area contributed by atoms with Crippen molar-refractivity contribution in [2.75, 3.05) is 19.6 Å². The Bertz CT molecular complexity index is 529. The van der Waals surface area contributed by atoms with Crippen molar-refractivity contribution in [1.29, 1.82) is 0 Å². The summed E-state index contributed by atoms with van der Waals surface area (Å²) >= 11 is 1.33. The predicted molar refractivity (Wildman–Crippen MR) is 83.7 cm³/mol. The molecule has 1 aliphatic rings. The smallest absolute Gasteiger partial charge is 0.250 e. The van der Waals surface area contributed by atoms with E-state index in [1.807, 2.05) is 13.0 Å². The standard InChI is InChI=1S/C14H24N2O2S2/c1-11(2)16-8-6-13(7-9-16)10-15-20(17,18)14-5-4-12(3)19-14/h4-5,11,13,15H,6-10H2,1-3H3. The average Bonchev–Trinajstić information content (AvgIpc) is 2.84. The summed E-state index contributed by atoms with van der Waals surface area (Å²) in [6, 6.07) is 4.12. The van der Waals surface area contributed by atoms with Crippen LogP contribution in [-0.2, 0) is 10.0 Å². The van der Waals surface area contributed by atoms with Crippen LogP contribution in [0, 0.1) is 12.8 Å². The van der Waals surface area contributed by atoms with Gasteiger partial charge < -0.3 is 4.90 Å². The van der Waals surface area contributed by atoms with Gasteiger partial charge in [0, 0.05) is 17.5 Å². The van der Waals surface area contributed by atoms with Crippen molar-refractivity contribution in [2.24, 2.45) is 5.92 Å². The second-order valence-corrected chi connectivity index (χ2v) is 9.07. The molecule has 0 radical (unpaired) electrons. The zero-order valence-corrected chi connectivity index (χ0v) is 14.1. The molecule has 6 heteroatoms. The number of hydrogen-bond donors (Lipinski definition) is 1. The highest BCUT2D eigenvalue weighted by Crippen LogP contribution is 2.22. The lowest BCUT2D eigenvalue weighted by Crippen LogP contribution is -2.41. The largest absolute Gasteiger partial charge is 0.301 e. The van der Waals surface area contributed by atoms with Gasteiger partial charge >= 0.3 is 0 Å². The van der Waals surface area contributed by atoms with Crippen molar-refractivity contribution in [1.82, 2.24) is 9.62 Å². The van der Waals surface area contributed by atoms with Crippen LogP contribution in [0.1, 0.15) is 31.6 Å². The number of hydrogen-bond acceptors (Lipinski definition) is 4. The van der Waals surface area contributed by atoms with E-state index in [4.69, 9.17) is 0 Å². The van der Waals surface area contributed by atoms with E-state index in [0.29, 0.717) is 22.7 Å². The summed E-state index contributed by atoms with van der Waals surface area (Å²) < 4.78 is 27.5. The number of likely N-dealkylation sites (tertiary alicyclic amines) is 1. The third-order valence-electron chi connectivity index (χ3n) is 3.92. The Hall–Kier alpha value is -0.430. The first-order valence-electron chi connectivity index (χ1n) is 7.18. The monoisotopic (exact) mass is 316 g/mol. The maximum absolute atomic E-state index is 12.1. The molecule has 0 amide bonds. The Morgan fingerprint density at radius 3 is 2.50 bits per heavy atom. The van der Waals surface area contributed by atoms with Gasteiger partial charge in [-0.3, -0.25) is 0 Å². The summed E-state index contributed by atoms with van der Waals surface area (Å²) in [6.45, 7) is 9.05. The zero-order chi connectivity index (χ0) is 14.8. The number of piperidine rings is 1. The van der Waals surface area contributed by atoms with E-state index in [1.54, 1.807) is 6.07 Å². The maximum atomic E-state index is 12.1. The van der Waals surface area contributed by atoms with Gasteiger partial charge in [0.15, 0.2) is 0 Å². The predicted octanol–water partition coefficient (Wildman–Crippen LogP) is 2.46. The van der Waals surface area contributed by atoms with Gasteiger partial charge in [0.05, 0.1) is 0 Å². The summed E-state index contributed by atoms with van der Waals surface area (Å²) in [5, 5.41) is 0. The van der Waals surface area contributed by atoms with Gasteiger partial charge in [-0.05, 0) is 64.8 Å². The fourth-order valence-corrected chi connectivity index (χ4v) is 4.97. The van der Waals surface area contributed by atoms with Crippen LogP contribution in [0.5, 0.6) is 0 Å². The van der Waals surface area contributed by atoms with Gasteiger partial charge in [0.25, 0.3) is 0 Å². The zero-order valence-electron chi connectivity index (χ0n) is 12.4. The molecule has 1 N–H and O–H groups in total. The highest BCUT2D eigenvalue weighted by molar-refractivity contribution is 7.91. The van der Waals surface area contributed by atoms with E-state index in [1.165, 1.54) is 11.3 Å². The number of nitrogens with one attached hydrogen (secondary N) is 1. The van der Waals surface area contributed by atoms with Crippen molar-refractivity contribution in [2.45, 2.75) is 43.9 Å². The molecule has 2 rings (SSSR count). The van der Waals surface area contributed by atoms with Crippen LogP contribution in [0.2, 0.25) is 0 Å². The lowest BCUT2D eigenvalue weighted by molar-refractivity contribution is 0.151. The van der Waals surface area contributed by atoms with Crippen LogP contribution < -0.4 is 4.72 Å². The molecule has 0 aromatic carbocycles. The van der Waals surface area contributed by atoms with E-state index in [-0.39, 0.29) is 0 Å². The SMILES string of the molecule is Cc1ccc(S(=O)(=O)NCC2CCN(C(C)C)CC2)s1. The van der Waals surface area contributed by atoms with Gasteiger partial charge in [0.2, 0.25) is 10.0 Å². The van der Waals surface area contributed by atoms with E-state index < -0.39 is 10.0 Å². The minimum absolute atomic E-state index is 0.426. The van der Waals surface area contributed by atoms with Crippen LogP contribution in [0.4, 0.5) is 0 Å². The van der Waals surface area contributed by atoms with Gasteiger partial charge in [-0.2, -0.15) is 0 Å². The molecule has 114 valence electrons. The average molecular weight is 316 g/mol. The molecule has 1 saturated heterocycles. The highest BCUT2D eigenvalue weighted by atomic mass is 32.2. The Labute approximate surface area is 126 Å². The molecule has 0 spiro atoms. The molecule has 0 atom stereocenters. The Morgan fingerprint density at radius 2 is 2.00 bits per heavy atom. The molecule has 0 saturated carbocycles. The van der Waals surface area contributed by atoms with E-state index in [9.17, 15) is 8.42 Å². The number of aryl methyl sites for hydroxylation is 1. The fourth-order valence-electron chi connectivity index (χ4n) is 2.53. The molecule has 0 unspecified atom stereocenters. The number of nitrogens with zero attached hydrogens (tertiary/aromatic N) is 1. The van der Waals surface area contributed by atoms with E-state index in [0.717, 1.165) is 30.8 Å². The van der Waals surface area contributed by atoms with Gasteiger partial charge in [-0.25, -0.2) is 13.1 Å². The molecule has 1 aliphatic heterocycles. The normalized spacial score (nSPS) is 18.8. The number of rotatable bonds is 5. The first kappa shape index (κ1) is 15.9. The summed E-state index contributed by atoms with van der Waals surface area (Å²) in [5.41, 5.74) is 0. The Balaban J connectivity index is 1.84. The lowest BCUT2D eigenvalue weighted by Gasteiger charge is -2.34. The quantitative estimate of drug-likeness (QED) is 0.908. The molecule has 1 aromatic rings. The molecule has 1 fully saturated rings. The van der Waals surface area contributed by atoms with Gasteiger partial charge in [-0.15, -0.1) is 11.3 Å². The van der Waals surface area contributed by atoms with Crippen molar-refractivity contribution in [3.63, 3.8) is 0 Å². The van der Waals surface area contributed by atoms with Crippen molar-refractivity contribution in [3.8, 4) is 0 Å². The van der Waals surface area contributed by atoms with Crippen molar-refractivity contribution in [3.05, 3.63) is 17.0 Å². The third kappa shape index (κ3) is 4.04. The van der Waals surface area contributed by atoms with Crippen LogP contribution in [0.3, 0.4) is 0 Å². The van der Waals surface area contributed by atoms with E-state index in [2.05, 4.69) is 23.5 Å².